The van der Waals surface area contributed by atoms with E-state index in [1.807, 2.05) is 24.3 Å². The Balaban J connectivity index is 1.89. The molecule has 0 saturated carbocycles. The standard InChI is InChI=1S/C17H26N2O5S/c1-19(2)25(21,22)12-14-10-24-11-15(14)18-17(20)9-8-13-6-4-5-7-16(13)23-3/h4-7,14-15H,8-12H2,1-3H3,(H,18,20)/t14-,15-/m0/s1. The van der Waals surface area contributed by atoms with Crippen molar-refractivity contribution < 1.29 is 22.7 Å². The number of benzene rings is 1. The highest BCUT2D eigenvalue weighted by atomic mass is 32.2. The minimum absolute atomic E-state index is 0.0303. The van der Waals surface area contributed by atoms with Crippen LogP contribution in [0.4, 0.5) is 0 Å². The maximum Gasteiger partial charge on any atom is 0.220 e. The number of rotatable bonds is 8. The summed E-state index contributed by atoms with van der Waals surface area (Å²) < 4.78 is 35.9. The molecular weight excluding hydrogens is 344 g/mol. The van der Waals surface area contributed by atoms with Crippen LogP contribution < -0.4 is 10.1 Å². The van der Waals surface area contributed by atoms with Gasteiger partial charge in [0.15, 0.2) is 0 Å². The van der Waals surface area contributed by atoms with Crippen molar-refractivity contribution in [3.05, 3.63) is 29.8 Å². The van der Waals surface area contributed by atoms with Gasteiger partial charge in [-0.15, -0.1) is 0 Å². The quantitative estimate of drug-likeness (QED) is 0.726. The van der Waals surface area contributed by atoms with Gasteiger partial charge in [0.2, 0.25) is 15.9 Å². The fourth-order valence-electron chi connectivity index (χ4n) is 2.78. The van der Waals surface area contributed by atoms with Crippen LogP contribution in [0.25, 0.3) is 0 Å². The number of amides is 1. The Labute approximate surface area is 149 Å². The molecule has 0 radical (unpaired) electrons. The summed E-state index contributed by atoms with van der Waals surface area (Å²) in [6, 6.07) is 7.30. The Hall–Kier alpha value is -1.64. The first kappa shape index (κ1) is 19.7. The fraction of sp³-hybridized carbons (Fsp3) is 0.588. The molecule has 1 aliphatic rings. The third kappa shape index (κ3) is 5.42. The number of hydrogen-bond acceptors (Lipinski definition) is 5. The third-order valence-corrected chi connectivity index (χ3v) is 6.30. The first-order valence-electron chi connectivity index (χ1n) is 8.22. The maximum atomic E-state index is 12.2. The maximum absolute atomic E-state index is 12.2. The topological polar surface area (TPSA) is 84.9 Å². The van der Waals surface area contributed by atoms with Crippen molar-refractivity contribution >= 4 is 15.9 Å². The molecule has 8 heteroatoms. The molecule has 1 heterocycles. The second-order valence-corrected chi connectivity index (χ2v) is 8.57. The summed E-state index contributed by atoms with van der Waals surface area (Å²) in [7, 11) is 1.28. The molecule has 1 aromatic carbocycles. The zero-order valence-electron chi connectivity index (χ0n) is 14.9. The van der Waals surface area contributed by atoms with E-state index in [1.54, 1.807) is 7.11 Å². The van der Waals surface area contributed by atoms with E-state index in [4.69, 9.17) is 9.47 Å². The second-order valence-electron chi connectivity index (χ2n) is 6.34. The summed E-state index contributed by atoms with van der Waals surface area (Å²) in [5, 5.41) is 2.91. The van der Waals surface area contributed by atoms with Crippen molar-refractivity contribution in [1.82, 2.24) is 9.62 Å². The minimum atomic E-state index is -3.33. The van der Waals surface area contributed by atoms with Crippen LogP contribution in [-0.4, -0.2) is 64.8 Å². The summed E-state index contributed by atoms with van der Waals surface area (Å²) in [4.78, 5) is 12.2. The number of carbonyl (C=O) groups is 1. The Morgan fingerprint density at radius 3 is 2.72 bits per heavy atom. The zero-order valence-corrected chi connectivity index (χ0v) is 15.7. The lowest BCUT2D eigenvalue weighted by Gasteiger charge is -2.21. The van der Waals surface area contributed by atoms with Crippen molar-refractivity contribution in [3.8, 4) is 5.75 Å². The Bertz CT molecular complexity index is 690. The smallest absolute Gasteiger partial charge is 0.220 e. The lowest BCUT2D eigenvalue weighted by molar-refractivity contribution is -0.122. The first-order valence-corrected chi connectivity index (χ1v) is 9.83. The largest absolute Gasteiger partial charge is 0.496 e. The average molecular weight is 370 g/mol. The van der Waals surface area contributed by atoms with Gasteiger partial charge in [-0.1, -0.05) is 18.2 Å². The molecule has 0 aliphatic carbocycles. The van der Waals surface area contributed by atoms with Crippen molar-refractivity contribution in [1.29, 1.82) is 0 Å². The monoisotopic (exact) mass is 370 g/mol. The zero-order chi connectivity index (χ0) is 18.4. The second kappa shape index (κ2) is 8.64. The molecule has 1 amide bonds. The van der Waals surface area contributed by atoms with E-state index in [9.17, 15) is 13.2 Å². The molecule has 0 unspecified atom stereocenters. The van der Waals surface area contributed by atoms with Gasteiger partial charge in [-0.2, -0.15) is 0 Å². The highest BCUT2D eigenvalue weighted by molar-refractivity contribution is 7.89. The molecule has 1 aromatic rings. The van der Waals surface area contributed by atoms with Gasteiger partial charge in [-0.05, 0) is 18.1 Å². The van der Waals surface area contributed by atoms with Crippen LogP contribution in [0.15, 0.2) is 24.3 Å². The van der Waals surface area contributed by atoms with Crippen LogP contribution in [0.5, 0.6) is 5.75 Å². The van der Waals surface area contributed by atoms with E-state index >= 15 is 0 Å². The molecule has 0 spiro atoms. The molecule has 0 bridgehead atoms. The van der Waals surface area contributed by atoms with E-state index in [0.717, 1.165) is 11.3 Å². The predicted molar refractivity (Wildman–Crippen MR) is 95.0 cm³/mol. The van der Waals surface area contributed by atoms with Crippen LogP contribution in [0, 0.1) is 5.92 Å². The van der Waals surface area contributed by atoms with E-state index < -0.39 is 10.0 Å². The molecular formula is C17H26N2O5S. The van der Waals surface area contributed by atoms with Crippen LogP contribution >= 0.6 is 0 Å². The molecule has 0 aromatic heterocycles. The molecule has 25 heavy (non-hydrogen) atoms. The van der Waals surface area contributed by atoms with Crippen molar-refractivity contribution in [2.75, 3.05) is 40.2 Å². The normalized spacial score (nSPS) is 20.6. The highest BCUT2D eigenvalue weighted by Crippen LogP contribution is 2.20. The number of aryl methyl sites for hydroxylation is 1. The van der Waals surface area contributed by atoms with E-state index in [0.29, 0.717) is 26.1 Å². The number of nitrogens with one attached hydrogen (secondary N) is 1. The summed E-state index contributed by atoms with van der Waals surface area (Å²) >= 11 is 0. The Morgan fingerprint density at radius 2 is 2.04 bits per heavy atom. The van der Waals surface area contributed by atoms with Gasteiger partial charge >= 0.3 is 0 Å². The van der Waals surface area contributed by atoms with Crippen LogP contribution in [0.3, 0.4) is 0 Å². The van der Waals surface area contributed by atoms with Gasteiger partial charge < -0.3 is 14.8 Å². The number of ether oxygens (including phenoxy) is 2. The average Bonchev–Trinajstić information content (AvgIpc) is 2.99. The number of hydrogen-bond donors (Lipinski definition) is 1. The lowest BCUT2D eigenvalue weighted by Crippen LogP contribution is -2.43. The van der Waals surface area contributed by atoms with E-state index in [1.165, 1.54) is 18.4 Å². The molecule has 1 aliphatic heterocycles. The Morgan fingerprint density at radius 1 is 1.32 bits per heavy atom. The first-order chi connectivity index (χ1) is 11.8. The number of sulfonamides is 1. The summed E-state index contributed by atoms with van der Waals surface area (Å²) in [5.41, 5.74) is 0.967. The van der Waals surface area contributed by atoms with Crippen LogP contribution in [-0.2, 0) is 26.0 Å². The number of para-hydroxylation sites is 1. The van der Waals surface area contributed by atoms with Crippen molar-refractivity contribution in [2.24, 2.45) is 5.92 Å². The summed E-state index contributed by atoms with van der Waals surface area (Å²) in [6.45, 7) is 0.679. The molecule has 2 atom stereocenters. The summed E-state index contributed by atoms with van der Waals surface area (Å²) in [6.07, 6.45) is 0.869. The third-order valence-electron chi connectivity index (χ3n) is 4.34. The predicted octanol–water partition coefficient (Wildman–Crippen LogP) is 0.650. The van der Waals surface area contributed by atoms with Gasteiger partial charge in [0.1, 0.15) is 5.75 Å². The van der Waals surface area contributed by atoms with Gasteiger partial charge in [-0.25, -0.2) is 12.7 Å². The highest BCUT2D eigenvalue weighted by Gasteiger charge is 2.34. The molecule has 1 N–H and O–H groups in total. The summed E-state index contributed by atoms with van der Waals surface area (Å²) in [5.74, 6) is 0.378. The number of nitrogens with zero attached hydrogens (tertiary/aromatic N) is 1. The molecule has 140 valence electrons. The van der Waals surface area contributed by atoms with Crippen molar-refractivity contribution in [2.45, 2.75) is 18.9 Å². The van der Waals surface area contributed by atoms with Gasteiger partial charge in [0, 0.05) is 26.4 Å². The molecule has 2 rings (SSSR count). The lowest BCUT2D eigenvalue weighted by atomic mass is 10.0. The molecule has 7 nitrogen and oxygen atoms in total. The molecule has 1 fully saturated rings. The fourth-order valence-corrected chi connectivity index (χ4v) is 3.95. The van der Waals surface area contributed by atoms with Gasteiger partial charge in [0.25, 0.3) is 0 Å². The Kier molecular flexibility index (Phi) is 6.80. The van der Waals surface area contributed by atoms with E-state index in [-0.39, 0.29) is 23.6 Å². The SMILES string of the molecule is COc1ccccc1CCC(=O)N[C@H]1COC[C@H]1CS(=O)(=O)N(C)C. The van der Waals surface area contributed by atoms with Crippen molar-refractivity contribution in [3.63, 3.8) is 0 Å². The number of carbonyl (C=O) groups excluding carboxylic acids is 1. The van der Waals surface area contributed by atoms with Gasteiger partial charge in [0.05, 0.1) is 32.1 Å². The molecule has 1 saturated heterocycles. The van der Waals surface area contributed by atoms with E-state index in [2.05, 4.69) is 5.32 Å². The number of methoxy groups -OCH3 is 1. The minimum Gasteiger partial charge on any atom is -0.496 e. The van der Waals surface area contributed by atoms with Gasteiger partial charge in [-0.3, -0.25) is 4.79 Å². The van der Waals surface area contributed by atoms with Crippen LogP contribution in [0.1, 0.15) is 12.0 Å². The van der Waals surface area contributed by atoms with Crippen LogP contribution in [0.2, 0.25) is 0 Å².